The van der Waals surface area contributed by atoms with Gasteiger partial charge in [-0.2, -0.15) is 4.99 Å². The highest BCUT2D eigenvalue weighted by Crippen LogP contribution is 2.33. The largest absolute Gasteiger partial charge is 0.320 e. The Morgan fingerprint density at radius 2 is 2.00 bits per heavy atom. The average Bonchev–Trinajstić information content (AvgIpc) is 3.26. The number of benzene rings is 1. The lowest BCUT2D eigenvalue weighted by molar-refractivity contribution is 0.0997. The molecule has 0 aliphatic heterocycles. The van der Waals surface area contributed by atoms with Crippen LogP contribution in [0.4, 0.5) is 0 Å². The van der Waals surface area contributed by atoms with Crippen LogP contribution in [-0.2, 0) is 12.0 Å². The van der Waals surface area contributed by atoms with Crippen molar-refractivity contribution in [2.45, 2.75) is 52.5 Å². The van der Waals surface area contributed by atoms with Gasteiger partial charge in [0.15, 0.2) is 4.80 Å². The van der Waals surface area contributed by atoms with Crippen LogP contribution in [0.3, 0.4) is 0 Å². The van der Waals surface area contributed by atoms with Crippen molar-refractivity contribution in [3.63, 3.8) is 0 Å². The number of nitrogens with zero attached hydrogens (tertiary/aromatic N) is 2. The Labute approximate surface area is 161 Å². The molecule has 0 radical (unpaired) electrons. The lowest BCUT2D eigenvalue weighted by Crippen LogP contribution is -2.20. The molecule has 1 aromatic carbocycles. The first-order valence-corrected chi connectivity index (χ1v) is 10.2. The number of aromatic nitrogens is 1. The normalized spacial score (nSPS) is 15.8. The van der Waals surface area contributed by atoms with Crippen LogP contribution in [-0.4, -0.2) is 10.5 Å². The predicted molar refractivity (Wildman–Crippen MR) is 108 cm³/mol. The molecule has 3 nitrogen and oxygen atoms in total. The van der Waals surface area contributed by atoms with E-state index in [1.54, 1.807) is 11.3 Å². The summed E-state index contributed by atoms with van der Waals surface area (Å²) < 4.78 is 3.21. The molecule has 0 saturated heterocycles. The maximum atomic E-state index is 12.7. The molecule has 1 aromatic heterocycles. The smallest absolute Gasteiger partial charge is 0.280 e. The fourth-order valence-electron chi connectivity index (χ4n) is 2.82. The van der Waals surface area contributed by atoms with Crippen molar-refractivity contribution < 1.29 is 4.79 Å². The Balaban J connectivity index is 2.08. The van der Waals surface area contributed by atoms with Crippen LogP contribution in [0.15, 0.2) is 29.3 Å². The molecule has 1 aliphatic carbocycles. The second kappa shape index (κ2) is 6.75. The van der Waals surface area contributed by atoms with E-state index in [4.69, 9.17) is 0 Å². The van der Waals surface area contributed by atoms with Gasteiger partial charge in [0.2, 0.25) is 0 Å². The van der Waals surface area contributed by atoms with Crippen molar-refractivity contribution in [3.05, 3.63) is 48.8 Å². The number of carbonyl (C=O) groups is 1. The van der Waals surface area contributed by atoms with Crippen LogP contribution in [0, 0.1) is 16.4 Å². The van der Waals surface area contributed by atoms with Crippen molar-refractivity contribution in [1.29, 1.82) is 0 Å². The minimum atomic E-state index is -0.147. The highest BCUT2D eigenvalue weighted by Gasteiger charge is 2.27. The summed E-state index contributed by atoms with van der Waals surface area (Å²) in [6, 6.07) is 7.63. The van der Waals surface area contributed by atoms with Gasteiger partial charge in [-0.1, -0.05) is 32.9 Å². The Hall–Kier alpha value is -0.950. The van der Waals surface area contributed by atoms with Gasteiger partial charge in [-0.05, 0) is 65.8 Å². The van der Waals surface area contributed by atoms with Crippen LogP contribution < -0.4 is 4.80 Å². The summed E-state index contributed by atoms with van der Waals surface area (Å²) in [7, 11) is 0. The van der Waals surface area contributed by atoms with Gasteiger partial charge in [0.25, 0.3) is 5.91 Å². The van der Waals surface area contributed by atoms with Gasteiger partial charge in [-0.15, -0.1) is 11.3 Å². The minimum Gasteiger partial charge on any atom is -0.320 e. The Morgan fingerprint density at radius 1 is 1.33 bits per heavy atom. The lowest BCUT2D eigenvalue weighted by atomic mass is 9.93. The molecule has 1 amide bonds. The van der Waals surface area contributed by atoms with Crippen LogP contribution in [0.2, 0.25) is 0 Å². The molecule has 128 valence electrons. The zero-order valence-corrected chi connectivity index (χ0v) is 17.6. The predicted octanol–water partition coefficient (Wildman–Crippen LogP) is 4.91. The van der Waals surface area contributed by atoms with Gasteiger partial charge in [0.05, 0.1) is 5.56 Å². The van der Waals surface area contributed by atoms with Gasteiger partial charge in [-0.3, -0.25) is 4.79 Å². The summed E-state index contributed by atoms with van der Waals surface area (Å²) in [5.74, 6) is 0.600. The first kappa shape index (κ1) is 17.9. The molecule has 1 fully saturated rings. The van der Waals surface area contributed by atoms with Crippen molar-refractivity contribution in [3.8, 4) is 0 Å². The Morgan fingerprint density at radius 3 is 2.58 bits per heavy atom. The fourth-order valence-corrected chi connectivity index (χ4v) is 4.64. The average molecular weight is 454 g/mol. The van der Waals surface area contributed by atoms with Crippen molar-refractivity contribution in [2.75, 3.05) is 0 Å². The monoisotopic (exact) mass is 454 g/mol. The van der Waals surface area contributed by atoms with Gasteiger partial charge >= 0.3 is 0 Å². The van der Waals surface area contributed by atoms with E-state index < -0.39 is 0 Å². The summed E-state index contributed by atoms with van der Waals surface area (Å²) in [4.78, 5) is 19.3. The number of hydrogen-bond donors (Lipinski definition) is 0. The summed E-state index contributed by atoms with van der Waals surface area (Å²) in [5.41, 5.74) is 2.01. The number of carbonyl (C=O) groups excluding carboxylic acids is 1. The van der Waals surface area contributed by atoms with Gasteiger partial charge < -0.3 is 4.57 Å². The van der Waals surface area contributed by atoms with E-state index in [-0.39, 0.29) is 11.3 Å². The molecule has 0 N–H and O–H groups in total. The number of hydrogen-bond acceptors (Lipinski definition) is 2. The molecule has 5 heteroatoms. The molecular formula is C19H23IN2OS. The molecule has 24 heavy (non-hydrogen) atoms. The third-order valence-electron chi connectivity index (χ3n) is 4.28. The van der Waals surface area contributed by atoms with Crippen LogP contribution in [0.5, 0.6) is 0 Å². The minimum absolute atomic E-state index is 0.0675. The van der Waals surface area contributed by atoms with Crippen molar-refractivity contribution >= 4 is 39.8 Å². The third-order valence-corrected chi connectivity index (χ3v) is 6.82. The first-order chi connectivity index (χ1) is 11.3. The maximum Gasteiger partial charge on any atom is 0.280 e. The summed E-state index contributed by atoms with van der Waals surface area (Å²) in [6.45, 7) is 9.81. The molecule has 0 spiro atoms. The van der Waals surface area contributed by atoms with E-state index in [1.807, 2.05) is 24.3 Å². The first-order valence-electron chi connectivity index (χ1n) is 8.31. The van der Waals surface area contributed by atoms with E-state index in [0.29, 0.717) is 5.56 Å². The molecule has 3 rings (SSSR count). The van der Waals surface area contributed by atoms with Crippen LogP contribution in [0.1, 0.15) is 54.5 Å². The quantitative estimate of drug-likeness (QED) is 0.607. The molecular weight excluding hydrogens is 431 g/mol. The van der Waals surface area contributed by atoms with Gasteiger partial charge in [0.1, 0.15) is 0 Å². The van der Waals surface area contributed by atoms with Gasteiger partial charge in [-0.25, -0.2) is 0 Å². The Kier molecular flexibility index (Phi) is 5.02. The molecule has 0 atom stereocenters. The molecule has 1 heterocycles. The molecule has 1 saturated carbocycles. The van der Waals surface area contributed by atoms with E-state index in [0.717, 1.165) is 20.8 Å². The fraction of sp³-hybridized carbons (Fsp3) is 0.474. The number of thiazole rings is 1. The molecule has 0 unspecified atom stereocenters. The second-order valence-electron chi connectivity index (χ2n) is 7.50. The third kappa shape index (κ3) is 3.82. The summed E-state index contributed by atoms with van der Waals surface area (Å²) in [5, 5.41) is 0. The topological polar surface area (TPSA) is 34.4 Å². The molecule has 1 aliphatic rings. The van der Waals surface area contributed by atoms with E-state index in [1.165, 1.54) is 23.4 Å². The van der Waals surface area contributed by atoms with Gasteiger partial charge in [0, 0.05) is 20.7 Å². The van der Waals surface area contributed by atoms with Crippen molar-refractivity contribution in [1.82, 2.24) is 4.57 Å². The number of amides is 1. The van der Waals surface area contributed by atoms with Crippen LogP contribution in [0.25, 0.3) is 0 Å². The van der Waals surface area contributed by atoms with E-state index in [9.17, 15) is 4.79 Å². The summed E-state index contributed by atoms with van der Waals surface area (Å²) >= 11 is 3.86. The highest BCUT2D eigenvalue weighted by atomic mass is 127. The maximum absolute atomic E-state index is 12.7. The highest BCUT2D eigenvalue weighted by molar-refractivity contribution is 14.1. The lowest BCUT2D eigenvalue weighted by Gasteiger charge is -2.17. The Bertz CT molecular complexity index is 838. The van der Waals surface area contributed by atoms with Crippen LogP contribution >= 0.6 is 33.9 Å². The van der Waals surface area contributed by atoms with E-state index >= 15 is 0 Å². The standard InChI is InChI=1S/C19H23IN2OS/c1-12-16(19(2,3)4)24-18(22(12)11-13-9-10-13)21-17(23)14-7-5-6-8-15(14)20/h5-8,13H,9-11H2,1-4H3/b21-18-. The molecule has 0 bridgehead atoms. The number of rotatable bonds is 3. The molecule has 2 aromatic rings. The van der Waals surface area contributed by atoms with E-state index in [2.05, 4.69) is 59.8 Å². The SMILES string of the molecule is Cc1c(C(C)(C)C)s/c(=N\C(=O)c2ccccc2I)n1CC1CC1. The zero-order chi connectivity index (χ0) is 17.5. The zero-order valence-electron chi connectivity index (χ0n) is 14.6. The van der Waals surface area contributed by atoms with Crippen molar-refractivity contribution in [2.24, 2.45) is 10.9 Å². The summed E-state index contributed by atoms with van der Waals surface area (Å²) in [6.07, 6.45) is 2.58. The second-order valence-corrected chi connectivity index (χ2v) is 9.64. The number of halogens is 1.